The molecule has 0 saturated carbocycles. The minimum Gasteiger partial charge on any atom is -1.00 e. The van der Waals surface area contributed by atoms with Gasteiger partial charge in [0.1, 0.15) is 30.6 Å². The predicted molar refractivity (Wildman–Crippen MR) is 66.3 cm³/mol. The van der Waals surface area contributed by atoms with E-state index in [0.29, 0.717) is 0 Å². The van der Waals surface area contributed by atoms with Crippen LogP contribution in [0, 0.1) is 0 Å². The zero-order chi connectivity index (χ0) is 14.1. The van der Waals surface area contributed by atoms with Crippen LogP contribution in [0.2, 0.25) is 9.88 Å². The van der Waals surface area contributed by atoms with Crippen molar-refractivity contribution < 1.29 is 55.1 Å². The molecule has 0 aliphatic carbocycles. The Labute approximate surface area is 141 Å². The molecule has 1 saturated heterocycles. The van der Waals surface area contributed by atoms with Gasteiger partial charge in [0, 0.05) is 6.54 Å². The summed E-state index contributed by atoms with van der Waals surface area (Å²) < 4.78 is 5.10. The summed E-state index contributed by atoms with van der Waals surface area (Å²) in [6.07, 6.45) is -5.86. The van der Waals surface area contributed by atoms with Crippen LogP contribution in [0.1, 0.15) is 0 Å². The van der Waals surface area contributed by atoms with Crippen molar-refractivity contribution in [3.63, 3.8) is 0 Å². The van der Waals surface area contributed by atoms with Crippen LogP contribution in [0.15, 0.2) is 0 Å². The van der Waals surface area contributed by atoms with Gasteiger partial charge in [-0.15, -0.1) is 0 Å². The van der Waals surface area contributed by atoms with Crippen molar-refractivity contribution in [1.82, 2.24) is 5.32 Å². The predicted octanol–water partition coefficient (Wildman–Crippen LogP) is -8.84. The van der Waals surface area contributed by atoms with Crippen molar-refractivity contribution >= 4 is 21.1 Å². The minimum absolute atomic E-state index is 0. The maximum Gasteiger partial charge on any atom is -1.00 e. The molecule has 0 aromatic heterocycles. The Kier molecular flexibility index (Phi) is 19.5. The molecular weight excluding hydrogens is 420 g/mol. The van der Waals surface area contributed by atoms with Gasteiger partial charge in [0.05, 0.1) is 13.2 Å². The number of rotatable bonds is 4. The number of hydrogen-bond donors (Lipinski definition) is 6. The van der Waals surface area contributed by atoms with Crippen molar-refractivity contribution in [1.29, 1.82) is 0 Å². The van der Waals surface area contributed by atoms with Crippen LogP contribution in [0.4, 0.5) is 0 Å². The fourth-order valence-electron chi connectivity index (χ4n) is 1.48. The molecule has 0 unspecified atom stereocenters. The van der Waals surface area contributed by atoms with E-state index in [1.807, 2.05) is 0 Å². The number of aliphatic hydroxyl groups is 5. The summed E-state index contributed by atoms with van der Waals surface area (Å²) in [6, 6.07) is 0. The van der Waals surface area contributed by atoms with Gasteiger partial charge in [0.25, 0.3) is 0 Å². The van der Waals surface area contributed by atoms with Crippen LogP contribution < -0.4 is 30.1 Å². The topological polar surface area (TPSA) is 122 Å². The summed E-state index contributed by atoms with van der Waals surface area (Å²) in [5.74, 6) is 0. The van der Waals surface area contributed by atoms with Crippen LogP contribution in [-0.2, 0) is 4.74 Å². The molecule has 10 heteroatoms. The van der Waals surface area contributed by atoms with Gasteiger partial charge in [-0.1, -0.05) is 0 Å². The third-order valence-corrected chi connectivity index (χ3v) is 2.35. The Hall–Kier alpha value is 1.10. The van der Waals surface area contributed by atoms with E-state index in [0.717, 1.165) is 0 Å². The molecule has 0 aromatic rings. The first-order valence-electron chi connectivity index (χ1n) is 5.76. The molecule has 20 heavy (non-hydrogen) atoms. The Balaban J connectivity index is -0.000000530. The summed E-state index contributed by atoms with van der Waals surface area (Å²) in [5.41, 5.74) is 0. The minimum atomic E-state index is -1.38. The molecule has 1 fully saturated rings. The standard InChI is InChI=1S/C8H17NO6.2CH3.2ClH.Sn/c10-2-1-9-8-7(14)6(13)5(12)4(3-11)15-8;;;;;/h4-14H,1-3H2;2*1H3;2*1H;/q;;;;;+2/p-2/t4-,5-,6+,7-,8-;;;;;/m1...../s1. The Morgan fingerprint density at radius 2 is 1.50 bits per heavy atom. The van der Waals surface area contributed by atoms with E-state index < -0.39 is 37.3 Å². The van der Waals surface area contributed by atoms with Gasteiger partial charge >= 0.3 is 31.0 Å². The molecule has 122 valence electrons. The van der Waals surface area contributed by atoms with E-state index in [4.69, 9.17) is 14.9 Å². The summed E-state index contributed by atoms with van der Waals surface area (Å²) >= 11 is 0.230. The first-order chi connectivity index (χ1) is 8.53. The van der Waals surface area contributed by atoms with Crippen LogP contribution in [-0.4, -0.2) is 97.1 Å². The van der Waals surface area contributed by atoms with Crippen molar-refractivity contribution in [3.8, 4) is 0 Å². The SMILES string of the molecule is OCCN[C@@H]1O[C@H](CO)[C@@H](O)[C@H](O)[C@H]1O.[CH3][Sn+2][CH3].[Cl-].[Cl-]. The van der Waals surface area contributed by atoms with Gasteiger partial charge in [0.2, 0.25) is 0 Å². The molecule has 0 amide bonds. The zero-order valence-electron chi connectivity index (χ0n) is 11.4. The first-order valence-corrected chi connectivity index (χ1v) is 11.5. The first kappa shape index (κ1) is 26.0. The maximum atomic E-state index is 9.49. The molecule has 1 rings (SSSR count). The second-order valence-electron chi connectivity index (χ2n) is 3.93. The van der Waals surface area contributed by atoms with Gasteiger partial charge in [0.15, 0.2) is 0 Å². The Bertz CT molecular complexity index is 218. The molecule has 1 aliphatic rings. The number of halogens is 2. The van der Waals surface area contributed by atoms with Crippen molar-refractivity contribution in [2.24, 2.45) is 0 Å². The van der Waals surface area contributed by atoms with Gasteiger partial charge in [-0.2, -0.15) is 0 Å². The van der Waals surface area contributed by atoms with Crippen LogP contribution >= 0.6 is 0 Å². The molecule has 0 bridgehead atoms. The molecule has 5 atom stereocenters. The molecule has 0 aromatic carbocycles. The second-order valence-corrected chi connectivity index (χ2v) is 6.78. The smallest absolute Gasteiger partial charge is 1.00 e. The molecule has 7 nitrogen and oxygen atoms in total. The number of aliphatic hydroxyl groups excluding tert-OH is 5. The zero-order valence-corrected chi connectivity index (χ0v) is 15.8. The van der Waals surface area contributed by atoms with E-state index >= 15 is 0 Å². The van der Waals surface area contributed by atoms with E-state index in [2.05, 4.69) is 15.2 Å². The second kappa shape index (κ2) is 15.0. The monoisotopic (exact) mass is 443 g/mol. The quantitative estimate of drug-likeness (QED) is 0.239. The maximum absolute atomic E-state index is 9.49. The summed E-state index contributed by atoms with van der Waals surface area (Å²) in [4.78, 5) is 4.59. The molecule has 1 aliphatic heterocycles. The van der Waals surface area contributed by atoms with E-state index in [-0.39, 0.29) is 59.1 Å². The summed E-state index contributed by atoms with van der Waals surface area (Å²) in [7, 11) is 0. The van der Waals surface area contributed by atoms with Gasteiger partial charge in [-0.05, 0) is 0 Å². The Morgan fingerprint density at radius 1 is 1.00 bits per heavy atom. The van der Waals surface area contributed by atoms with E-state index in [9.17, 15) is 15.3 Å². The molecule has 1 heterocycles. The van der Waals surface area contributed by atoms with E-state index in [1.165, 1.54) is 0 Å². The van der Waals surface area contributed by atoms with Crippen LogP contribution in [0.5, 0.6) is 0 Å². The normalized spacial score (nSPS) is 31.9. The molecule has 6 N–H and O–H groups in total. The molecule has 0 radical (unpaired) electrons. The average molecular weight is 443 g/mol. The molecule has 0 spiro atoms. The van der Waals surface area contributed by atoms with Gasteiger partial charge in [-0.3, -0.25) is 5.32 Å². The summed E-state index contributed by atoms with van der Waals surface area (Å²) in [6.45, 7) is -0.417. The number of nitrogens with one attached hydrogen (secondary N) is 1. The van der Waals surface area contributed by atoms with Crippen molar-refractivity contribution in [3.05, 3.63) is 0 Å². The Morgan fingerprint density at radius 3 is 1.90 bits per heavy atom. The largest absolute Gasteiger partial charge is 1.00 e. The van der Waals surface area contributed by atoms with Crippen LogP contribution in [0.3, 0.4) is 0 Å². The number of hydrogen-bond acceptors (Lipinski definition) is 7. The molecular formula is C10H23Cl2NO6Sn. The number of ether oxygens (including phenoxy) is 1. The fourth-order valence-corrected chi connectivity index (χ4v) is 1.48. The third-order valence-electron chi connectivity index (χ3n) is 2.35. The average Bonchev–Trinajstić information content (AvgIpc) is 2.36. The van der Waals surface area contributed by atoms with Crippen molar-refractivity contribution in [2.75, 3.05) is 19.8 Å². The van der Waals surface area contributed by atoms with Crippen molar-refractivity contribution in [2.45, 2.75) is 40.5 Å². The van der Waals surface area contributed by atoms with Gasteiger partial charge in [-0.25, -0.2) is 0 Å². The summed E-state index contributed by atoms with van der Waals surface area (Å²) in [5, 5.41) is 48.3. The fraction of sp³-hybridized carbons (Fsp3) is 1.00. The van der Waals surface area contributed by atoms with Crippen LogP contribution in [0.25, 0.3) is 0 Å². The third kappa shape index (κ3) is 8.52. The van der Waals surface area contributed by atoms with E-state index in [1.54, 1.807) is 0 Å². The van der Waals surface area contributed by atoms with Gasteiger partial charge < -0.3 is 55.1 Å².